The van der Waals surface area contributed by atoms with E-state index in [4.69, 9.17) is 21.1 Å². The van der Waals surface area contributed by atoms with Gasteiger partial charge in [0.2, 0.25) is 0 Å². The second-order valence-electron chi connectivity index (χ2n) is 7.34. The fourth-order valence-corrected chi connectivity index (χ4v) is 4.21. The Kier molecular flexibility index (Phi) is 8.88. The number of hydrogen-bond acceptors (Lipinski definition) is 5. The van der Waals surface area contributed by atoms with Crippen LogP contribution in [-0.4, -0.2) is 56.5 Å². The topological polar surface area (TPSA) is 50.8 Å². The summed E-state index contributed by atoms with van der Waals surface area (Å²) in [6.45, 7) is 3.89. The van der Waals surface area contributed by atoms with Crippen LogP contribution in [0.25, 0.3) is 0 Å². The predicted molar refractivity (Wildman–Crippen MR) is 123 cm³/mol. The number of likely N-dealkylation sites (tertiary alicyclic amines) is 1. The minimum atomic E-state index is -0.167. The largest absolute Gasteiger partial charge is 0.489 e. The molecule has 3 rings (SSSR count). The molecule has 30 heavy (non-hydrogen) atoms. The molecule has 0 aromatic heterocycles. The first kappa shape index (κ1) is 22.9. The lowest BCUT2D eigenvalue weighted by molar-refractivity contribution is 0.0935. The van der Waals surface area contributed by atoms with E-state index in [-0.39, 0.29) is 12.0 Å². The Balaban J connectivity index is 1.49. The van der Waals surface area contributed by atoms with Gasteiger partial charge in [-0.05, 0) is 55.0 Å². The van der Waals surface area contributed by atoms with Crippen molar-refractivity contribution in [1.82, 2.24) is 10.2 Å². The average molecular weight is 449 g/mol. The summed E-state index contributed by atoms with van der Waals surface area (Å²) in [6.07, 6.45) is 4.15. The molecule has 1 aliphatic rings. The highest BCUT2D eigenvalue weighted by molar-refractivity contribution is 7.98. The summed E-state index contributed by atoms with van der Waals surface area (Å²) in [5.41, 5.74) is 1.87. The molecular formula is C23H29ClN2O3S. The molecular weight excluding hydrogens is 420 g/mol. The number of hydrogen-bond donors (Lipinski definition) is 1. The van der Waals surface area contributed by atoms with Crippen molar-refractivity contribution in [2.45, 2.75) is 30.4 Å². The van der Waals surface area contributed by atoms with Crippen LogP contribution in [0.1, 0.15) is 28.8 Å². The maximum atomic E-state index is 12.1. The molecule has 5 nitrogen and oxygen atoms in total. The summed E-state index contributed by atoms with van der Waals surface area (Å²) in [7, 11) is 1.60. The molecule has 0 radical (unpaired) electrons. The van der Waals surface area contributed by atoms with Gasteiger partial charge in [0, 0.05) is 43.7 Å². The van der Waals surface area contributed by atoms with Gasteiger partial charge in [-0.2, -0.15) is 0 Å². The minimum Gasteiger partial charge on any atom is -0.489 e. The molecule has 0 unspecified atom stereocenters. The number of benzene rings is 2. The molecule has 0 atom stereocenters. The van der Waals surface area contributed by atoms with Crippen LogP contribution in [-0.2, 0) is 11.3 Å². The first-order valence-electron chi connectivity index (χ1n) is 10.2. The standard InChI is InChI=1S/C23H29ClN2O3S/c1-28-13-10-25-23(27)18-6-7-22(21(24)15-18)29-19-8-11-26(12-9-19)16-17-4-3-5-20(14-17)30-2/h3-7,14-15,19H,8-13,16H2,1-2H3,(H,25,27). The highest BCUT2D eigenvalue weighted by Gasteiger charge is 2.22. The van der Waals surface area contributed by atoms with E-state index in [1.807, 2.05) is 0 Å². The maximum Gasteiger partial charge on any atom is 0.251 e. The third kappa shape index (κ3) is 6.64. The number of nitrogens with one attached hydrogen (secondary N) is 1. The highest BCUT2D eigenvalue weighted by Crippen LogP contribution is 2.29. The molecule has 1 saturated heterocycles. The van der Waals surface area contributed by atoms with Gasteiger partial charge in [0.25, 0.3) is 5.91 Å². The zero-order valence-electron chi connectivity index (χ0n) is 17.5. The normalized spacial score (nSPS) is 15.2. The van der Waals surface area contributed by atoms with Gasteiger partial charge in [-0.25, -0.2) is 0 Å². The summed E-state index contributed by atoms with van der Waals surface area (Å²) in [4.78, 5) is 15.9. The lowest BCUT2D eigenvalue weighted by Gasteiger charge is -2.32. The van der Waals surface area contributed by atoms with E-state index < -0.39 is 0 Å². The molecule has 1 fully saturated rings. The second kappa shape index (κ2) is 11.6. The van der Waals surface area contributed by atoms with E-state index >= 15 is 0 Å². The molecule has 7 heteroatoms. The van der Waals surface area contributed by atoms with Crippen molar-refractivity contribution < 1.29 is 14.3 Å². The number of thioether (sulfide) groups is 1. The number of ether oxygens (including phenoxy) is 2. The van der Waals surface area contributed by atoms with Crippen LogP contribution in [0.3, 0.4) is 0 Å². The van der Waals surface area contributed by atoms with Crippen molar-refractivity contribution in [3.8, 4) is 5.75 Å². The van der Waals surface area contributed by atoms with E-state index in [2.05, 4.69) is 40.7 Å². The number of carbonyl (C=O) groups is 1. The van der Waals surface area contributed by atoms with Gasteiger partial charge in [-0.1, -0.05) is 23.7 Å². The van der Waals surface area contributed by atoms with Crippen molar-refractivity contribution in [3.05, 3.63) is 58.6 Å². The molecule has 0 bridgehead atoms. The average Bonchev–Trinajstić information content (AvgIpc) is 2.76. The minimum absolute atomic E-state index is 0.137. The van der Waals surface area contributed by atoms with E-state index in [0.29, 0.717) is 29.5 Å². The van der Waals surface area contributed by atoms with Crippen LogP contribution in [0, 0.1) is 0 Å². The van der Waals surface area contributed by atoms with E-state index in [1.165, 1.54) is 10.5 Å². The number of rotatable bonds is 9. The highest BCUT2D eigenvalue weighted by atomic mass is 35.5. The number of amides is 1. The van der Waals surface area contributed by atoms with Gasteiger partial charge < -0.3 is 14.8 Å². The molecule has 0 saturated carbocycles. The monoisotopic (exact) mass is 448 g/mol. The fraction of sp³-hybridized carbons (Fsp3) is 0.435. The van der Waals surface area contributed by atoms with Crippen LogP contribution in [0.15, 0.2) is 47.4 Å². The second-order valence-corrected chi connectivity index (χ2v) is 8.63. The quantitative estimate of drug-likeness (QED) is 0.452. The number of halogens is 1. The van der Waals surface area contributed by atoms with Gasteiger partial charge in [-0.15, -0.1) is 11.8 Å². The van der Waals surface area contributed by atoms with E-state index in [0.717, 1.165) is 32.5 Å². The lowest BCUT2D eigenvalue weighted by atomic mass is 10.1. The molecule has 1 aliphatic heterocycles. The van der Waals surface area contributed by atoms with Crippen LogP contribution >= 0.6 is 23.4 Å². The zero-order valence-corrected chi connectivity index (χ0v) is 19.1. The zero-order chi connectivity index (χ0) is 21.3. The van der Waals surface area contributed by atoms with E-state index in [1.54, 1.807) is 37.1 Å². The summed E-state index contributed by atoms with van der Waals surface area (Å²) in [6, 6.07) is 13.9. The molecule has 1 heterocycles. The number of nitrogens with zero attached hydrogens (tertiary/aromatic N) is 1. The molecule has 2 aromatic carbocycles. The summed E-state index contributed by atoms with van der Waals surface area (Å²) < 4.78 is 11.1. The van der Waals surface area contributed by atoms with E-state index in [9.17, 15) is 4.79 Å². The Bertz CT molecular complexity index is 841. The van der Waals surface area contributed by atoms with Gasteiger partial charge in [-0.3, -0.25) is 9.69 Å². The molecule has 162 valence electrons. The first-order chi connectivity index (χ1) is 14.6. The Hall–Kier alpha value is -1.73. The third-order valence-electron chi connectivity index (χ3n) is 5.15. The molecule has 0 spiro atoms. The number of carbonyl (C=O) groups excluding carboxylic acids is 1. The summed E-state index contributed by atoms with van der Waals surface area (Å²) >= 11 is 8.15. The van der Waals surface area contributed by atoms with Crippen molar-refractivity contribution in [2.24, 2.45) is 0 Å². The van der Waals surface area contributed by atoms with Crippen molar-refractivity contribution >= 4 is 29.3 Å². The Morgan fingerprint density at radius 3 is 2.73 bits per heavy atom. The fourth-order valence-electron chi connectivity index (χ4n) is 3.50. The number of methoxy groups -OCH3 is 1. The van der Waals surface area contributed by atoms with Crippen LogP contribution in [0.2, 0.25) is 5.02 Å². The van der Waals surface area contributed by atoms with Gasteiger partial charge in [0.05, 0.1) is 11.6 Å². The molecule has 1 N–H and O–H groups in total. The Labute approximate surface area is 188 Å². The number of piperidine rings is 1. The predicted octanol–water partition coefficient (Wildman–Crippen LogP) is 4.48. The Morgan fingerprint density at radius 2 is 2.03 bits per heavy atom. The summed E-state index contributed by atoms with van der Waals surface area (Å²) in [5.74, 6) is 0.468. The smallest absolute Gasteiger partial charge is 0.251 e. The van der Waals surface area contributed by atoms with Gasteiger partial charge >= 0.3 is 0 Å². The Morgan fingerprint density at radius 1 is 1.23 bits per heavy atom. The first-order valence-corrected chi connectivity index (χ1v) is 11.8. The van der Waals surface area contributed by atoms with Crippen molar-refractivity contribution in [2.75, 3.05) is 39.6 Å². The van der Waals surface area contributed by atoms with Crippen LogP contribution < -0.4 is 10.1 Å². The van der Waals surface area contributed by atoms with Gasteiger partial charge in [0.15, 0.2) is 0 Å². The lowest BCUT2D eigenvalue weighted by Crippen LogP contribution is -2.37. The maximum absolute atomic E-state index is 12.1. The SMILES string of the molecule is COCCNC(=O)c1ccc(OC2CCN(Cc3cccc(SC)c3)CC2)c(Cl)c1. The van der Waals surface area contributed by atoms with Crippen molar-refractivity contribution in [3.63, 3.8) is 0 Å². The molecule has 0 aliphatic carbocycles. The van der Waals surface area contributed by atoms with Crippen molar-refractivity contribution in [1.29, 1.82) is 0 Å². The third-order valence-corrected chi connectivity index (χ3v) is 6.18. The van der Waals surface area contributed by atoms with Gasteiger partial charge in [0.1, 0.15) is 11.9 Å². The molecule has 2 aromatic rings. The summed E-state index contributed by atoms with van der Waals surface area (Å²) in [5, 5.41) is 3.25. The van der Waals surface area contributed by atoms with Crippen LogP contribution in [0.4, 0.5) is 0 Å². The molecule has 1 amide bonds. The van der Waals surface area contributed by atoms with Crippen LogP contribution in [0.5, 0.6) is 5.75 Å².